The summed E-state index contributed by atoms with van der Waals surface area (Å²) < 4.78 is 12.1. The maximum atomic E-state index is 12.6. The van der Waals surface area contributed by atoms with Crippen LogP contribution >= 0.6 is 0 Å². The number of aliphatic hydroxyl groups excluding tert-OH is 1. The minimum atomic E-state index is -0.949. The molecule has 24 heavy (non-hydrogen) atoms. The van der Waals surface area contributed by atoms with Crippen molar-refractivity contribution in [3.05, 3.63) is 29.3 Å². The lowest BCUT2D eigenvalue weighted by Gasteiger charge is -2.34. The summed E-state index contributed by atoms with van der Waals surface area (Å²) in [6.45, 7) is 13.7. The van der Waals surface area contributed by atoms with Gasteiger partial charge in [-0.1, -0.05) is 12.1 Å². The van der Waals surface area contributed by atoms with Crippen molar-refractivity contribution in [1.82, 2.24) is 4.90 Å². The standard InChI is InChI=1S/C18H26BNO4/c1-16(2,3)20-14(21)12-9-8-11(10-13(12)15(20)22)19-23-17(4,5)18(6,7)24-19/h8-10,15,22H,1-7H3/t15-/m1/s1. The van der Waals surface area contributed by atoms with Gasteiger partial charge in [0.25, 0.3) is 5.91 Å². The highest BCUT2D eigenvalue weighted by atomic mass is 16.7. The van der Waals surface area contributed by atoms with E-state index < -0.39 is 30.1 Å². The SMILES string of the molecule is CC(C)(C)N1C(=O)c2ccc(B3OC(C)(C)C(C)(C)O3)cc2[C@H]1O. The Kier molecular flexibility index (Phi) is 3.69. The largest absolute Gasteiger partial charge is 0.494 e. The normalized spacial score (nSPS) is 25.3. The number of fused-ring (bicyclic) bond motifs is 1. The molecule has 0 radical (unpaired) electrons. The van der Waals surface area contributed by atoms with Gasteiger partial charge in [0.05, 0.1) is 11.2 Å². The molecule has 0 aliphatic carbocycles. The predicted molar refractivity (Wildman–Crippen MR) is 93.0 cm³/mol. The molecule has 2 aliphatic heterocycles. The quantitative estimate of drug-likeness (QED) is 0.802. The van der Waals surface area contributed by atoms with Gasteiger partial charge >= 0.3 is 7.12 Å². The maximum Gasteiger partial charge on any atom is 0.494 e. The molecule has 1 fully saturated rings. The molecule has 1 saturated heterocycles. The summed E-state index contributed by atoms with van der Waals surface area (Å²) in [6.07, 6.45) is -0.949. The molecule has 0 spiro atoms. The van der Waals surface area contributed by atoms with Gasteiger partial charge in [0.15, 0.2) is 6.23 Å². The fourth-order valence-corrected chi connectivity index (χ4v) is 3.17. The van der Waals surface area contributed by atoms with Gasteiger partial charge in [0.2, 0.25) is 0 Å². The number of hydrogen-bond acceptors (Lipinski definition) is 4. The van der Waals surface area contributed by atoms with Gasteiger partial charge in [-0.15, -0.1) is 0 Å². The molecule has 5 nitrogen and oxygen atoms in total. The number of amides is 1. The van der Waals surface area contributed by atoms with Crippen LogP contribution in [0.15, 0.2) is 18.2 Å². The van der Waals surface area contributed by atoms with Crippen LogP contribution in [0.5, 0.6) is 0 Å². The van der Waals surface area contributed by atoms with Crippen LogP contribution in [0.2, 0.25) is 0 Å². The Morgan fingerprint density at radius 1 is 1.12 bits per heavy atom. The van der Waals surface area contributed by atoms with Crippen LogP contribution in [0.4, 0.5) is 0 Å². The zero-order valence-corrected chi connectivity index (χ0v) is 15.5. The van der Waals surface area contributed by atoms with Gasteiger partial charge in [-0.05, 0) is 60.0 Å². The lowest BCUT2D eigenvalue weighted by molar-refractivity contribution is -0.0228. The van der Waals surface area contributed by atoms with E-state index in [4.69, 9.17) is 9.31 Å². The zero-order chi connectivity index (χ0) is 18.1. The molecule has 1 aromatic carbocycles. The molecule has 2 heterocycles. The first-order chi connectivity index (χ1) is 10.8. The highest BCUT2D eigenvalue weighted by molar-refractivity contribution is 6.62. The number of nitrogens with zero attached hydrogens (tertiary/aromatic N) is 1. The maximum absolute atomic E-state index is 12.6. The van der Waals surface area contributed by atoms with Gasteiger partial charge < -0.3 is 19.3 Å². The van der Waals surface area contributed by atoms with E-state index in [2.05, 4.69) is 0 Å². The molecule has 130 valence electrons. The third-order valence-corrected chi connectivity index (χ3v) is 5.30. The van der Waals surface area contributed by atoms with Gasteiger partial charge in [0, 0.05) is 16.7 Å². The molecule has 1 amide bonds. The van der Waals surface area contributed by atoms with E-state index in [1.165, 1.54) is 4.90 Å². The molecular formula is C18H26BNO4. The highest BCUT2D eigenvalue weighted by Gasteiger charge is 2.52. The van der Waals surface area contributed by atoms with Crippen molar-refractivity contribution in [1.29, 1.82) is 0 Å². The lowest BCUT2D eigenvalue weighted by Crippen LogP contribution is -2.43. The van der Waals surface area contributed by atoms with Crippen molar-refractivity contribution in [3.8, 4) is 0 Å². The van der Waals surface area contributed by atoms with Gasteiger partial charge in [-0.3, -0.25) is 4.79 Å². The number of carbonyl (C=O) groups is 1. The summed E-state index contributed by atoms with van der Waals surface area (Å²) in [5.41, 5.74) is 0.653. The molecule has 1 N–H and O–H groups in total. The molecule has 0 unspecified atom stereocenters. The minimum Gasteiger partial charge on any atom is -0.399 e. The first-order valence-electron chi connectivity index (χ1n) is 8.36. The Bertz CT molecular complexity index is 677. The summed E-state index contributed by atoms with van der Waals surface area (Å²) >= 11 is 0. The smallest absolute Gasteiger partial charge is 0.399 e. The fraction of sp³-hybridized carbons (Fsp3) is 0.611. The van der Waals surface area contributed by atoms with Crippen molar-refractivity contribution in [3.63, 3.8) is 0 Å². The summed E-state index contributed by atoms with van der Waals surface area (Å²) in [5.74, 6) is -0.148. The Hall–Kier alpha value is -1.37. The van der Waals surface area contributed by atoms with Crippen molar-refractivity contribution in [2.75, 3.05) is 0 Å². The number of benzene rings is 1. The van der Waals surface area contributed by atoms with Gasteiger partial charge in [-0.25, -0.2) is 0 Å². The van der Waals surface area contributed by atoms with Crippen LogP contribution in [-0.4, -0.2) is 39.8 Å². The van der Waals surface area contributed by atoms with Crippen molar-refractivity contribution >= 4 is 18.5 Å². The second kappa shape index (κ2) is 5.07. The molecule has 0 bridgehead atoms. The van der Waals surface area contributed by atoms with E-state index in [-0.39, 0.29) is 5.91 Å². The number of rotatable bonds is 1. The third kappa shape index (κ3) is 2.48. The second-order valence-electron chi connectivity index (χ2n) is 8.65. The van der Waals surface area contributed by atoms with Crippen molar-refractivity contribution in [2.24, 2.45) is 0 Å². The van der Waals surface area contributed by atoms with Crippen LogP contribution < -0.4 is 5.46 Å². The average molecular weight is 331 g/mol. The topological polar surface area (TPSA) is 59.0 Å². The van der Waals surface area contributed by atoms with E-state index in [0.29, 0.717) is 11.1 Å². The molecule has 0 aromatic heterocycles. The molecule has 1 atom stereocenters. The molecule has 2 aliphatic rings. The Morgan fingerprint density at radius 2 is 1.67 bits per heavy atom. The zero-order valence-electron chi connectivity index (χ0n) is 15.5. The summed E-state index contributed by atoms with van der Waals surface area (Å²) in [5, 5.41) is 10.6. The van der Waals surface area contributed by atoms with E-state index in [1.54, 1.807) is 6.07 Å². The molecule has 3 rings (SSSR count). The number of carbonyl (C=O) groups excluding carboxylic acids is 1. The van der Waals surface area contributed by atoms with E-state index >= 15 is 0 Å². The van der Waals surface area contributed by atoms with Crippen molar-refractivity contribution < 1.29 is 19.2 Å². The van der Waals surface area contributed by atoms with E-state index in [0.717, 1.165) is 5.46 Å². The van der Waals surface area contributed by atoms with E-state index in [9.17, 15) is 9.90 Å². The van der Waals surface area contributed by atoms with Crippen LogP contribution in [-0.2, 0) is 9.31 Å². The molecule has 1 aromatic rings. The minimum absolute atomic E-state index is 0.148. The monoisotopic (exact) mass is 331 g/mol. The molecular weight excluding hydrogens is 305 g/mol. The number of aliphatic hydroxyl groups is 1. The second-order valence-corrected chi connectivity index (χ2v) is 8.65. The summed E-state index contributed by atoms with van der Waals surface area (Å²) in [4.78, 5) is 14.1. The van der Waals surface area contributed by atoms with Crippen LogP contribution in [0.1, 0.15) is 70.6 Å². The van der Waals surface area contributed by atoms with Gasteiger partial charge in [0.1, 0.15) is 0 Å². The third-order valence-electron chi connectivity index (χ3n) is 5.30. The van der Waals surface area contributed by atoms with E-state index in [1.807, 2.05) is 60.6 Å². The number of hydrogen-bond donors (Lipinski definition) is 1. The van der Waals surface area contributed by atoms with Crippen LogP contribution in [0, 0.1) is 0 Å². The Morgan fingerprint density at radius 3 is 2.17 bits per heavy atom. The summed E-state index contributed by atoms with van der Waals surface area (Å²) in [7, 11) is -0.508. The highest BCUT2D eigenvalue weighted by Crippen LogP contribution is 2.39. The molecule has 0 saturated carbocycles. The first kappa shape index (κ1) is 17.5. The Balaban J connectivity index is 1.96. The first-order valence-corrected chi connectivity index (χ1v) is 8.36. The predicted octanol–water partition coefficient (Wildman–Crippen LogP) is 2.23. The molecule has 6 heteroatoms. The fourth-order valence-electron chi connectivity index (χ4n) is 3.17. The van der Waals surface area contributed by atoms with Crippen LogP contribution in [0.3, 0.4) is 0 Å². The van der Waals surface area contributed by atoms with Gasteiger partial charge in [-0.2, -0.15) is 0 Å². The van der Waals surface area contributed by atoms with Crippen LogP contribution in [0.25, 0.3) is 0 Å². The lowest BCUT2D eigenvalue weighted by atomic mass is 9.78. The summed E-state index contributed by atoms with van der Waals surface area (Å²) in [6, 6.07) is 5.43. The van der Waals surface area contributed by atoms with Crippen molar-refractivity contribution in [2.45, 2.75) is 71.4 Å². The Labute approximate surface area is 144 Å². The average Bonchev–Trinajstić information content (AvgIpc) is 2.80.